The zero-order valence-electron chi connectivity index (χ0n) is 13.6. The van der Waals surface area contributed by atoms with E-state index in [1.54, 1.807) is 17.0 Å². The number of rotatable bonds is 4. The number of nitrogens with one attached hydrogen (secondary N) is 2. The maximum atomic E-state index is 12.6. The third kappa shape index (κ3) is 2.61. The van der Waals surface area contributed by atoms with Gasteiger partial charge in [0.15, 0.2) is 5.65 Å². The number of hydrogen-bond acceptors (Lipinski definition) is 6. The van der Waals surface area contributed by atoms with E-state index in [9.17, 15) is 4.79 Å². The maximum absolute atomic E-state index is 12.6. The number of nitrogens with zero attached hydrogens (tertiary/aromatic N) is 6. The average Bonchev–Trinajstić information content (AvgIpc) is 3.06. The quantitative estimate of drug-likeness (QED) is 0.727. The average molecular weight is 338 g/mol. The summed E-state index contributed by atoms with van der Waals surface area (Å²) in [5.41, 5.74) is 2.39. The lowest BCUT2D eigenvalue weighted by Crippen LogP contribution is -2.37. The predicted molar refractivity (Wildman–Crippen MR) is 89.4 cm³/mol. The van der Waals surface area contributed by atoms with Crippen LogP contribution < -0.4 is 10.2 Å². The van der Waals surface area contributed by atoms with E-state index in [1.807, 2.05) is 12.1 Å². The van der Waals surface area contributed by atoms with Crippen LogP contribution in [0.4, 0.5) is 5.82 Å². The van der Waals surface area contributed by atoms with Crippen molar-refractivity contribution in [2.24, 2.45) is 0 Å². The Hall–Kier alpha value is -2.97. The van der Waals surface area contributed by atoms with Crippen molar-refractivity contribution >= 4 is 17.4 Å². The lowest BCUT2D eigenvalue weighted by atomic mass is 10.1. The molecule has 2 fully saturated rings. The summed E-state index contributed by atoms with van der Waals surface area (Å²) in [7, 11) is 0. The van der Waals surface area contributed by atoms with Crippen molar-refractivity contribution in [1.29, 1.82) is 0 Å². The Kier molecular flexibility index (Phi) is 3.19. The highest BCUT2D eigenvalue weighted by molar-refractivity contribution is 5.95. The zero-order valence-corrected chi connectivity index (χ0v) is 13.6. The van der Waals surface area contributed by atoms with Crippen molar-refractivity contribution in [2.75, 3.05) is 18.0 Å². The molecule has 2 N–H and O–H groups in total. The lowest BCUT2D eigenvalue weighted by Gasteiger charge is -2.17. The molecule has 1 atom stereocenters. The molecule has 1 saturated carbocycles. The minimum atomic E-state index is -0.0373. The Morgan fingerprint density at radius 1 is 1.28 bits per heavy atom. The fourth-order valence-corrected chi connectivity index (χ4v) is 3.40. The normalized spacial score (nSPS) is 20.3. The molecule has 3 aromatic heterocycles. The van der Waals surface area contributed by atoms with Gasteiger partial charge in [-0.1, -0.05) is 0 Å². The van der Waals surface area contributed by atoms with Crippen molar-refractivity contribution in [2.45, 2.75) is 31.2 Å². The monoisotopic (exact) mass is 338 g/mol. The Labute approximate surface area is 143 Å². The molecule has 4 heterocycles. The van der Waals surface area contributed by atoms with E-state index >= 15 is 0 Å². The predicted octanol–water partition coefficient (Wildman–Crippen LogP) is 0.733. The smallest absolute Gasteiger partial charge is 0.255 e. The molecule has 9 heteroatoms. The second-order valence-corrected chi connectivity index (χ2v) is 6.70. The summed E-state index contributed by atoms with van der Waals surface area (Å²) in [5, 5.41) is 22.5. The number of H-pyrrole nitrogens is 1. The van der Waals surface area contributed by atoms with Gasteiger partial charge in [-0.3, -0.25) is 9.89 Å². The van der Waals surface area contributed by atoms with Crippen LogP contribution in [-0.2, 0) is 0 Å². The van der Waals surface area contributed by atoms with Crippen molar-refractivity contribution in [1.82, 2.24) is 35.3 Å². The highest BCUT2D eigenvalue weighted by Gasteiger charge is 2.31. The molecule has 0 bridgehead atoms. The molecule has 1 unspecified atom stereocenters. The number of aromatic amines is 1. The lowest BCUT2D eigenvalue weighted by molar-refractivity contribution is 0.0939. The van der Waals surface area contributed by atoms with E-state index in [0.717, 1.165) is 49.5 Å². The molecular weight excluding hydrogens is 320 g/mol. The fourth-order valence-electron chi connectivity index (χ4n) is 3.40. The molecule has 5 rings (SSSR count). The number of anilines is 1. The first-order chi connectivity index (χ1) is 12.3. The van der Waals surface area contributed by atoms with Crippen LogP contribution in [-0.4, -0.2) is 55.0 Å². The van der Waals surface area contributed by atoms with E-state index < -0.39 is 0 Å². The van der Waals surface area contributed by atoms with Crippen LogP contribution in [0.15, 0.2) is 24.7 Å². The molecule has 1 aliphatic heterocycles. The van der Waals surface area contributed by atoms with Crippen molar-refractivity contribution < 1.29 is 4.79 Å². The first-order valence-electron chi connectivity index (χ1n) is 8.54. The Balaban J connectivity index is 1.27. The second kappa shape index (κ2) is 5.54. The third-order valence-corrected chi connectivity index (χ3v) is 4.89. The molecule has 3 aromatic rings. The van der Waals surface area contributed by atoms with Gasteiger partial charge in [0.1, 0.15) is 12.1 Å². The summed E-state index contributed by atoms with van der Waals surface area (Å²) < 4.78 is 1.66. The summed E-state index contributed by atoms with van der Waals surface area (Å²) in [6, 6.07) is 3.94. The summed E-state index contributed by atoms with van der Waals surface area (Å²) in [6.07, 6.45) is 6.39. The van der Waals surface area contributed by atoms with Crippen LogP contribution in [0.1, 0.15) is 41.2 Å². The van der Waals surface area contributed by atoms with Gasteiger partial charge in [0, 0.05) is 25.0 Å². The molecule has 0 aromatic carbocycles. The first-order valence-corrected chi connectivity index (χ1v) is 8.54. The molecule has 1 amide bonds. The second-order valence-electron chi connectivity index (χ2n) is 6.70. The van der Waals surface area contributed by atoms with Crippen LogP contribution in [0, 0.1) is 0 Å². The summed E-state index contributed by atoms with van der Waals surface area (Å²) in [5.74, 6) is 1.30. The van der Waals surface area contributed by atoms with Crippen LogP contribution >= 0.6 is 0 Å². The van der Waals surface area contributed by atoms with Crippen LogP contribution in [0.3, 0.4) is 0 Å². The summed E-state index contributed by atoms with van der Waals surface area (Å²) in [6.45, 7) is 1.59. The topological polar surface area (TPSA) is 104 Å². The molecule has 0 radical (unpaired) electrons. The largest absolute Gasteiger partial charge is 0.353 e. The van der Waals surface area contributed by atoms with Gasteiger partial charge in [0.05, 0.1) is 17.5 Å². The summed E-state index contributed by atoms with van der Waals surface area (Å²) in [4.78, 5) is 14.7. The van der Waals surface area contributed by atoms with E-state index in [0.29, 0.717) is 11.5 Å². The van der Waals surface area contributed by atoms with Crippen molar-refractivity contribution in [3.8, 4) is 0 Å². The molecule has 9 nitrogen and oxygen atoms in total. The molecule has 1 saturated heterocycles. The summed E-state index contributed by atoms with van der Waals surface area (Å²) >= 11 is 0. The molecular formula is C16H18N8O. The number of fused-ring (bicyclic) bond motifs is 1. The molecule has 0 spiro atoms. The van der Waals surface area contributed by atoms with Gasteiger partial charge in [-0.05, 0) is 31.4 Å². The van der Waals surface area contributed by atoms with Gasteiger partial charge >= 0.3 is 0 Å². The standard InChI is InChI=1S/C16H18N8O/c25-16(12-7-17-21-15(12)10-1-2-10)19-11-5-6-23(8-11)14-4-3-13-20-18-9-24(13)22-14/h3-4,7,9-11H,1-2,5-6,8H2,(H,17,21)(H,19,25). The van der Waals surface area contributed by atoms with E-state index in [1.165, 1.54) is 0 Å². The minimum absolute atomic E-state index is 0.0373. The van der Waals surface area contributed by atoms with Gasteiger partial charge in [-0.2, -0.15) is 9.61 Å². The maximum Gasteiger partial charge on any atom is 0.255 e. The zero-order chi connectivity index (χ0) is 16.8. The van der Waals surface area contributed by atoms with Crippen molar-refractivity contribution in [3.05, 3.63) is 35.9 Å². The van der Waals surface area contributed by atoms with Crippen LogP contribution in [0.5, 0.6) is 0 Å². The van der Waals surface area contributed by atoms with E-state index in [-0.39, 0.29) is 11.9 Å². The van der Waals surface area contributed by atoms with E-state index in [4.69, 9.17) is 0 Å². The number of amides is 1. The number of carbonyl (C=O) groups is 1. The Morgan fingerprint density at radius 3 is 3.08 bits per heavy atom. The van der Waals surface area contributed by atoms with Gasteiger partial charge in [-0.25, -0.2) is 0 Å². The molecule has 2 aliphatic rings. The van der Waals surface area contributed by atoms with Crippen LogP contribution in [0.2, 0.25) is 0 Å². The highest BCUT2D eigenvalue weighted by Crippen LogP contribution is 2.40. The Bertz CT molecular complexity index is 927. The number of carbonyl (C=O) groups excluding carboxylic acids is 1. The number of hydrogen-bond donors (Lipinski definition) is 2. The van der Waals surface area contributed by atoms with Crippen LogP contribution in [0.25, 0.3) is 5.65 Å². The minimum Gasteiger partial charge on any atom is -0.353 e. The Morgan fingerprint density at radius 2 is 2.20 bits per heavy atom. The SMILES string of the molecule is O=C(NC1CCN(c2ccc3nncn3n2)C1)c1cn[nH]c1C1CC1. The molecule has 1 aliphatic carbocycles. The van der Waals surface area contributed by atoms with Gasteiger partial charge in [0.25, 0.3) is 5.91 Å². The highest BCUT2D eigenvalue weighted by atomic mass is 16.1. The third-order valence-electron chi connectivity index (χ3n) is 4.89. The molecule has 25 heavy (non-hydrogen) atoms. The van der Waals surface area contributed by atoms with Gasteiger partial charge in [0.2, 0.25) is 0 Å². The van der Waals surface area contributed by atoms with Gasteiger partial charge in [-0.15, -0.1) is 15.3 Å². The van der Waals surface area contributed by atoms with Crippen molar-refractivity contribution in [3.63, 3.8) is 0 Å². The fraction of sp³-hybridized carbons (Fsp3) is 0.438. The van der Waals surface area contributed by atoms with Gasteiger partial charge < -0.3 is 10.2 Å². The number of aromatic nitrogens is 6. The molecule has 128 valence electrons. The first kappa shape index (κ1) is 14.4. The van der Waals surface area contributed by atoms with E-state index in [2.05, 4.69) is 35.7 Å².